The first-order chi connectivity index (χ1) is 13.6. The second kappa shape index (κ2) is 8.73. The van der Waals surface area contributed by atoms with Gasteiger partial charge in [-0.25, -0.2) is 9.67 Å². The molecular formula is C17H18Cl3N3O6. The van der Waals surface area contributed by atoms with Gasteiger partial charge in [0, 0.05) is 11.9 Å². The number of aryl methyl sites for hydroxylation is 1. The van der Waals surface area contributed by atoms with Crippen LogP contribution in [0.4, 0.5) is 0 Å². The summed E-state index contributed by atoms with van der Waals surface area (Å²) in [6.07, 6.45) is -6.95. The molecule has 0 radical (unpaired) electrons. The molecule has 3 rings (SSSR count). The number of ether oxygens (including phenoxy) is 2. The van der Waals surface area contributed by atoms with Gasteiger partial charge in [-0.05, 0) is 19.1 Å². The lowest BCUT2D eigenvalue weighted by atomic mass is 9.94. The van der Waals surface area contributed by atoms with Crippen molar-refractivity contribution in [2.24, 2.45) is 0 Å². The highest BCUT2D eigenvalue weighted by Gasteiger charge is 2.46. The van der Waals surface area contributed by atoms with Gasteiger partial charge in [0.1, 0.15) is 48.6 Å². The summed E-state index contributed by atoms with van der Waals surface area (Å²) in [6.45, 7) is 2.48. The van der Waals surface area contributed by atoms with E-state index in [1.54, 1.807) is 6.92 Å². The van der Waals surface area contributed by atoms with Crippen molar-refractivity contribution < 1.29 is 29.6 Å². The van der Waals surface area contributed by atoms with Crippen molar-refractivity contribution in [1.29, 1.82) is 0 Å². The van der Waals surface area contributed by atoms with Crippen molar-refractivity contribution in [2.45, 2.75) is 44.4 Å². The molecule has 0 aliphatic carbocycles. The predicted molar refractivity (Wildman–Crippen MR) is 103 cm³/mol. The van der Waals surface area contributed by atoms with E-state index in [2.05, 4.69) is 10.1 Å². The van der Waals surface area contributed by atoms with Crippen molar-refractivity contribution in [2.75, 3.05) is 6.61 Å². The molecule has 1 aliphatic rings. The molecule has 1 aromatic heterocycles. The summed E-state index contributed by atoms with van der Waals surface area (Å²) < 4.78 is 11.9. The molecule has 0 unspecified atom stereocenters. The Labute approximate surface area is 180 Å². The second-order valence-corrected chi connectivity index (χ2v) is 7.77. The normalized spacial score (nSPS) is 27.1. The van der Waals surface area contributed by atoms with Crippen LogP contribution in [0.2, 0.25) is 15.1 Å². The second-order valence-electron chi connectivity index (χ2n) is 6.52. The lowest BCUT2D eigenvalue weighted by Gasteiger charge is -2.39. The van der Waals surface area contributed by atoms with Gasteiger partial charge < -0.3 is 24.8 Å². The highest BCUT2D eigenvalue weighted by Crippen LogP contribution is 2.37. The molecule has 0 amide bonds. The van der Waals surface area contributed by atoms with E-state index in [0.717, 1.165) is 0 Å². The van der Waals surface area contributed by atoms with Gasteiger partial charge in [0.25, 0.3) is 0 Å². The number of rotatable bonds is 4. The number of hydrogen-bond donors (Lipinski definition) is 3. The number of aliphatic hydroxyl groups is 3. The van der Waals surface area contributed by atoms with Crippen LogP contribution in [0.1, 0.15) is 24.7 Å². The Balaban J connectivity index is 2.03. The first kappa shape index (κ1) is 22.2. The molecule has 29 heavy (non-hydrogen) atoms. The number of aromatic nitrogens is 3. The first-order valence-corrected chi connectivity index (χ1v) is 9.65. The van der Waals surface area contributed by atoms with E-state index in [9.17, 15) is 20.1 Å². The molecule has 0 spiro atoms. The first-order valence-electron chi connectivity index (χ1n) is 8.51. The van der Waals surface area contributed by atoms with Gasteiger partial charge in [-0.3, -0.25) is 4.79 Å². The number of halogens is 3. The summed E-state index contributed by atoms with van der Waals surface area (Å²) >= 11 is 18.5. The zero-order chi connectivity index (χ0) is 21.5. The Morgan fingerprint density at radius 1 is 1.17 bits per heavy atom. The van der Waals surface area contributed by atoms with Crippen LogP contribution in [-0.2, 0) is 14.3 Å². The summed E-state index contributed by atoms with van der Waals surface area (Å²) in [5, 5.41) is 35.9. The van der Waals surface area contributed by atoms with Crippen LogP contribution in [-0.4, -0.2) is 67.1 Å². The molecule has 1 fully saturated rings. The molecule has 9 nitrogen and oxygen atoms in total. The van der Waals surface area contributed by atoms with Gasteiger partial charge >= 0.3 is 5.97 Å². The van der Waals surface area contributed by atoms with E-state index >= 15 is 0 Å². The molecule has 1 aromatic carbocycles. The fourth-order valence-electron chi connectivity index (χ4n) is 3.02. The molecule has 2 heterocycles. The van der Waals surface area contributed by atoms with Crippen molar-refractivity contribution in [1.82, 2.24) is 14.8 Å². The average molecular weight is 467 g/mol. The van der Waals surface area contributed by atoms with E-state index in [1.807, 2.05) is 0 Å². The zero-order valence-electron chi connectivity index (χ0n) is 15.3. The highest BCUT2D eigenvalue weighted by atomic mass is 35.5. The van der Waals surface area contributed by atoms with Crippen LogP contribution in [0, 0.1) is 6.92 Å². The van der Waals surface area contributed by atoms with Crippen molar-refractivity contribution in [3.05, 3.63) is 38.8 Å². The van der Waals surface area contributed by atoms with Gasteiger partial charge in [-0.1, -0.05) is 34.8 Å². The Kier molecular flexibility index (Phi) is 6.69. The van der Waals surface area contributed by atoms with Crippen molar-refractivity contribution in [3.8, 4) is 5.69 Å². The lowest BCUT2D eigenvalue weighted by Crippen LogP contribution is -2.56. The molecule has 0 saturated carbocycles. The number of esters is 1. The maximum atomic E-state index is 11.1. The molecule has 0 bridgehead atoms. The fourth-order valence-corrected chi connectivity index (χ4v) is 4.00. The van der Waals surface area contributed by atoms with E-state index in [-0.39, 0.29) is 28.2 Å². The Bertz CT molecular complexity index is 901. The van der Waals surface area contributed by atoms with Crippen molar-refractivity contribution in [3.63, 3.8) is 0 Å². The molecule has 3 N–H and O–H groups in total. The van der Waals surface area contributed by atoms with Gasteiger partial charge in [0.05, 0.1) is 10.0 Å². The minimum Gasteiger partial charge on any atom is -0.463 e. The standard InChI is InChI=1S/C17H18Cl3N3O6/c1-6-21-17(23(22-6)12-9(19)3-8(18)4-10(12)20)16-15(27)14(26)13(25)11(29-16)5-28-7(2)24/h3-4,11,13-16,25-27H,5H2,1-2H3/t11-,13+,14+,15-,16-/m1/s1. The summed E-state index contributed by atoms with van der Waals surface area (Å²) in [7, 11) is 0. The van der Waals surface area contributed by atoms with Crippen LogP contribution in [0.25, 0.3) is 5.69 Å². The van der Waals surface area contributed by atoms with Crippen molar-refractivity contribution >= 4 is 40.8 Å². The summed E-state index contributed by atoms with van der Waals surface area (Å²) in [5.74, 6) is -0.188. The number of benzene rings is 1. The number of carbonyl (C=O) groups is 1. The topological polar surface area (TPSA) is 127 Å². The third kappa shape index (κ3) is 4.51. The third-order valence-electron chi connectivity index (χ3n) is 4.35. The van der Waals surface area contributed by atoms with Crippen LogP contribution >= 0.6 is 34.8 Å². The highest BCUT2D eigenvalue weighted by molar-refractivity contribution is 6.40. The molecule has 1 saturated heterocycles. The minimum absolute atomic E-state index is 0.0832. The smallest absolute Gasteiger partial charge is 0.302 e. The summed E-state index contributed by atoms with van der Waals surface area (Å²) in [6, 6.07) is 2.93. The van der Waals surface area contributed by atoms with Gasteiger partial charge in [-0.15, -0.1) is 0 Å². The fraction of sp³-hybridized carbons (Fsp3) is 0.471. The van der Waals surface area contributed by atoms with Gasteiger partial charge in [-0.2, -0.15) is 5.10 Å². The summed E-state index contributed by atoms with van der Waals surface area (Å²) in [4.78, 5) is 15.4. The monoisotopic (exact) mass is 465 g/mol. The van der Waals surface area contributed by atoms with Crippen LogP contribution < -0.4 is 0 Å². The minimum atomic E-state index is -1.59. The van der Waals surface area contributed by atoms with Gasteiger partial charge in [0.15, 0.2) is 5.82 Å². The number of nitrogens with zero attached hydrogens (tertiary/aromatic N) is 3. The largest absolute Gasteiger partial charge is 0.463 e. The third-order valence-corrected chi connectivity index (χ3v) is 5.14. The Hall–Kier alpha value is -1.46. The quantitative estimate of drug-likeness (QED) is 0.580. The van der Waals surface area contributed by atoms with Crippen LogP contribution in [0.5, 0.6) is 0 Å². The van der Waals surface area contributed by atoms with E-state index in [1.165, 1.54) is 23.7 Å². The number of hydrogen-bond acceptors (Lipinski definition) is 8. The summed E-state index contributed by atoms with van der Waals surface area (Å²) in [5.41, 5.74) is 0.251. The maximum Gasteiger partial charge on any atom is 0.302 e. The molecule has 2 aromatic rings. The molecule has 12 heteroatoms. The Morgan fingerprint density at radius 3 is 2.38 bits per heavy atom. The van der Waals surface area contributed by atoms with E-state index in [0.29, 0.717) is 10.8 Å². The molecule has 5 atom stereocenters. The number of aliphatic hydroxyl groups excluding tert-OH is 3. The molecule has 1 aliphatic heterocycles. The SMILES string of the molecule is CC(=O)OC[C@H]1O[C@@H](c2nc(C)nn2-c2c(Cl)cc(Cl)cc2Cl)[C@H](O)[C@@H](O)[C@H]1O. The van der Waals surface area contributed by atoms with Gasteiger partial charge in [0.2, 0.25) is 0 Å². The predicted octanol–water partition coefficient (Wildman–Crippen LogP) is 1.62. The van der Waals surface area contributed by atoms with Crippen LogP contribution in [0.15, 0.2) is 12.1 Å². The molecule has 158 valence electrons. The van der Waals surface area contributed by atoms with E-state index < -0.39 is 36.5 Å². The van der Waals surface area contributed by atoms with Crippen LogP contribution in [0.3, 0.4) is 0 Å². The lowest BCUT2D eigenvalue weighted by molar-refractivity contribution is -0.236. The number of carbonyl (C=O) groups excluding carboxylic acids is 1. The molecular weight excluding hydrogens is 449 g/mol. The Morgan fingerprint density at radius 2 is 1.79 bits per heavy atom. The average Bonchev–Trinajstić information content (AvgIpc) is 2.99. The maximum absolute atomic E-state index is 11.1. The van der Waals surface area contributed by atoms with E-state index in [4.69, 9.17) is 44.3 Å². The zero-order valence-corrected chi connectivity index (χ0v) is 17.6.